The van der Waals surface area contributed by atoms with Crippen LogP contribution in [-0.4, -0.2) is 42.3 Å². The van der Waals surface area contributed by atoms with Crippen molar-refractivity contribution in [2.24, 2.45) is 0 Å². The Hall–Kier alpha value is -2.22. The summed E-state index contributed by atoms with van der Waals surface area (Å²) < 4.78 is 43.7. The number of aliphatic hydroxyl groups is 1. The highest BCUT2D eigenvalue weighted by Crippen LogP contribution is 2.35. The van der Waals surface area contributed by atoms with Gasteiger partial charge in [0.2, 0.25) is 0 Å². The van der Waals surface area contributed by atoms with E-state index < -0.39 is 17.8 Å². The van der Waals surface area contributed by atoms with Gasteiger partial charge in [0.1, 0.15) is 5.75 Å². The Labute approximate surface area is 132 Å². The third-order valence-corrected chi connectivity index (χ3v) is 2.85. The molecule has 1 aromatic rings. The number of aliphatic hydroxyl groups excluding tert-OH is 1. The largest absolute Gasteiger partial charge is 0.492 e. The quantitative estimate of drug-likeness (QED) is 0.754. The predicted octanol–water partition coefficient (Wildman–Crippen LogP) is 3.12. The lowest BCUT2D eigenvalue weighted by Crippen LogP contribution is -2.37. The van der Waals surface area contributed by atoms with E-state index >= 15 is 0 Å². The number of benzene rings is 1. The van der Waals surface area contributed by atoms with Crippen LogP contribution in [0.2, 0.25) is 0 Å². The minimum atomic E-state index is -4.53. The van der Waals surface area contributed by atoms with Gasteiger partial charge in [-0.25, -0.2) is 4.79 Å². The third-order valence-electron chi connectivity index (χ3n) is 2.85. The zero-order chi connectivity index (χ0) is 17.5. The van der Waals surface area contributed by atoms with Crippen molar-refractivity contribution >= 4 is 11.7 Å². The molecule has 0 aliphatic rings. The summed E-state index contributed by atoms with van der Waals surface area (Å²) in [5, 5.41) is 11.3. The van der Waals surface area contributed by atoms with Crippen molar-refractivity contribution in [2.75, 3.05) is 31.6 Å². The second-order valence-electron chi connectivity index (χ2n) is 4.53. The van der Waals surface area contributed by atoms with Crippen LogP contribution < -0.4 is 10.1 Å². The van der Waals surface area contributed by atoms with Crippen LogP contribution in [-0.2, 0) is 6.18 Å². The van der Waals surface area contributed by atoms with Gasteiger partial charge in [0.25, 0.3) is 0 Å². The van der Waals surface area contributed by atoms with Crippen molar-refractivity contribution in [1.29, 1.82) is 0 Å². The number of urea groups is 1. The Balaban J connectivity index is 3.07. The van der Waals surface area contributed by atoms with Gasteiger partial charge in [-0.2, -0.15) is 13.2 Å². The number of carbonyl (C=O) groups excluding carboxylic acids is 1. The number of hydrogen-bond donors (Lipinski definition) is 2. The lowest BCUT2D eigenvalue weighted by molar-refractivity contribution is -0.137. The fraction of sp³-hybridized carbons (Fsp3) is 0.400. The standard InChI is InChI=1S/C15H19F3N2O3/c1-3-7-20(8-9-21)14(22)19-12-10-11(15(16,17)18)5-6-13(12)23-4-2/h3,5-6,10,21H,1,4,7-9H2,2H3,(H,19,22). The van der Waals surface area contributed by atoms with Crippen LogP contribution >= 0.6 is 0 Å². The summed E-state index contributed by atoms with van der Waals surface area (Å²) >= 11 is 0. The fourth-order valence-electron chi connectivity index (χ4n) is 1.83. The molecular weight excluding hydrogens is 313 g/mol. The number of halogens is 3. The molecule has 5 nitrogen and oxygen atoms in total. The fourth-order valence-corrected chi connectivity index (χ4v) is 1.83. The molecule has 0 saturated heterocycles. The van der Waals surface area contributed by atoms with Crippen molar-refractivity contribution in [3.05, 3.63) is 36.4 Å². The Bertz CT molecular complexity index is 547. The highest BCUT2D eigenvalue weighted by Gasteiger charge is 2.31. The van der Waals surface area contributed by atoms with Crippen molar-refractivity contribution in [1.82, 2.24) is 4.90 Å². The van der Waals surface area contributed by atoms with Crippen molar-refractivity contribution in [2.45, 2.75) is 13.1 Å². The van der Waals surface area contributed by atoms with Gasteiger partial charge in [0.05, 0.1) is 24.5 Å². The van der Waals surface area contributed by atoms with E-state index in [0.717, 1.165) is 18.2 Å². The van der Waals surface area contributed by atoms with E-state index in [1.54, 1.807) is 6.92 Å². The molecule has 2 amide bonds. The van der Waals surface area contributed by atoms with E-state index in [2.05, 4.69) is 11.9 Å². The van der Waals surface area contributed by atoms with Gasteiger partial charge in [-0.3, -0.25) is 0 Å². The first-order chi connectivity index (χ1) is 10.8. The molecule has 0 bridgehead atoms. The Morgan fingerprint density at radius 3 is 2.70 bits per heavy atom. The number of nitrogens with zero attached hydrogens (tertiary/aromatic N) is 1. The minimum Gasteiger partial charge on any atom is -0.492 e. The van der Waals surface area contributed by atoms with Gasteiger partial charge in [-0.05, 0) is 25.1 Å². The molecule has 1 rings (SSSR count). The maximum atomic E-state index is 12.8. The molecule has 128 valence electrons. The minimum absolute atomic E-state index is 0.0286. The summed E-state index contributed by atoms with van der Waals surface area (Å²) in [5.74, 6) is 0.136. The zero-order valence-corrected chi connectivity index (χ0v) is 12.7. The van der Waals surface area contributed by atoms with Crippen LogP contribution in [0.1, 0.15) is 12.5 Å². The van der Waals surface area contributed by atoms with Gasteiger partial charge in [-0.1, -0.05) is 6.08 Å². The molecule has 0 unspecified atom stereocenters. The van der Waals surface area contributed by atoms with E-state index in [9.17, 15) is 18.0 Å². The first-order valence-electron chi connectivity index (χ1n) is 6.95. The molecule has 0 heterocycles. The average molecular weight is 332 g/mol. The van der Waals surface area contributed by atoms with E-state index in [4.69, 9.17) is 9.84 Å². The Morgan fingerprint density at radius 2 is 2.17 bits per heavy atom. The lowest BCUT2D eigenvalue weighted by atomic mass is 10.2. The first kappa shape index (κ1) is 18.8. The average Bonchev–Trinajstić information content (AvgIpc) is 2.48. The smallest absolute Gasteiger partial charge is 0.416 e. The van der Waals surface area contributed by atoms with Gasteiger partial charge in [0.15, 0.2) is 0 Å². The van der Waals surface area contributed by atoms with Crippen molar-refractivity contribution in [3.63, 3.8) is 0 Å². The highest BCUT2D eigenvalue weighted by molar-refractivity contribution is 5.91. The Morgan fingerprint density at radius 1 is 1.48 bits per heavy atom. The summed E-state index contributed by atoms with van der Waals surface area (Å²) in [6, 6.07) is 2.20. The maximum absolute atomic E-state index is 12.8. The second kappa shape index (κ2) is 8.42. The predicted molar refractivity (Wildman–Crippen MR) is 80.5 cm³/mol. The summed E-state index contributed by atoms with van der Waals surface area (Å²) in [6.07, 6.45) is -3.08. The molecule has 0 spiro atoms. The van der Waals surface area contributed by atoms with Crippen LogP contribution in [0.4, 0.5) is 23.7 Å². The summed E-state index contributed by atoms with van der Waals surface area (Å²) in [5.41, 5.74) is -0.979. The van der Waals surface area contributed by atoms with Gasteiger partial charge in [0, 0.05) is 13.1 Å². The molecule has 0 aliphatic carbocycles. The highest BCUT2D eigenvalue weighted by atomic mass is 19.4. The molecule has 0 fully saturated rings. The summed E-state index contributed by atoms with van der Waals surface area (Å²) in [7, 11) is 0. The zero-order valence-electron chi connectivity index (χ0n) is 12.7. The van der Waals surface area contributed by atoms with E-state index in [1.807, 2.05) is 0 Å². The van der Waals surface area contributed by atoms with Crippen LogP contribution in [0.5, 0.6) is 5.75 Å². The number of anilines is 1. The molecule has 8 heteroatoms. The number of ether oxygens (including phenoxy) is 1. The number of carbonyl (C=O) groups is 1. The first-order valence-corrected chi connectivity index (χ1v) is 6.95. The molecular formula is C15H19F3N2O3. The van der Waals surface area contributed by atoms with Crippen LogP contribution in [0.25, 0.3) is 0 Å². The van der Waals surface area contributed by atoms with Gasteiger partial charge >= 0.3 is 12.2 Å². The number of rotatable bonds is 7. The number of alkyl halides is 3. The molecule has 0 radical (unpaired) electrons. The molecule has 0 aromatic heterocycles. The normalized spacial score (nSPS) is 11.0. The molecule has 0 saturated carbocycles. The number of amides is 2. The Kier molecular flexibility index (Phi) is 6.89. The summed E-state index contributed by atoms with van der Waals surface area (Å²) in [6.45, 7) is 5.31. The monoisotopic (exact) mass is 332 g/mol. The third kappa shape index (κ3) is 5.48. The molecule has 0 atom stereocenters. The maximum Gasteiger partial charge on any atom is 0.416 e. The van der Waals surface area contributed by atoms with Gasteiger partial charge in [-0.15, -0.1) is 6.58 Å². The van der Waals surface area contributed by atoms with Crippen LogP contribution in [0.3, 0.4) is 0 Å². The summed E-state index contributed by atoms with van der Waals surface area (Å²) in [4.78, 5) is 13.3. The van der Waals surface area contributed by atoms with Crippen molar-refractivity contribution < 1.29 is 27.8 Å². The van der Waals surface area contributed by atoms with E-state index in [-0.39, 0.29) is 37.7 Å². The van der Waals surface area contributed by atoms with Crippen LogP contribution in [0, 0.1) is 0 Å². The van der Waals surface area contributed by atoms with Gasteiger partial charge < -0.3 is 20.1 Å². The van der Waals surface area contributed by atoms with Crippen LogP contribution in [0.15, 0.2) is 30.9 Å². The molecule has 0 aliphatic heterocycles. The van der Waals surface area contributed by atoms with Crippen molar-refractivity contribution in [3.8, 4) is 5.75 Å². The molecule has 2 N–H and O–H groups in total. The SMILES string of the molecule is C=CCN(CCO)C(=O)Nc1cc(C(F)(F)F)ccc1OCC. The number of hydrogen-bond acceptors (Lipinski definition) is 3. The topological polar surface area (TPSA) is 61.8 Å². The second-order valence-corrected chi connectivity index (χ2v) is 4.53. The lowest BCUT2D eigenvalue weighted by Gasteiger charge is -2.22. The van der Waals surface area contributed by atoms with E-state index in [1.165, 1.54) is 11.0 Å². The molecule has 1 aromatic carbocycles. The number of nitrogens with one attached hydrogen (secondary N) is 1. The molecule has 23 heavy (non-hydrogen) atoms. The van der Waals surface area contributed by atoms with E-state index in [0.29, 0.717) is 0 Å².